The van der Waals surface area contributed by atoms with Crippen molar-refractivity contribution in [2.75, 3.05) is 0 Å². The van der Waals surface area contributed by atoms with Crippen LogP contribution in [-0.2, 0) is 24.3 Å². The fourth-order valence-corrected chi connectivity index (χ4v) is 3.41. The average molecular weight is 364 g/mol. The van der Waals surface area contributed by atoms with Crippen molar-refractivity contribution in [3.05, 3.63) is 95.1 Å². The van der Waals surface area contributed by atoms with E-state index in [1.165, 1.54) is 11.6 Å². The summed E-state index contributed by atoms with van der Waals surface area (Å²) in [5.41, 5.74) is 3.83. The van der Waals surface area contributed by atoms with Gasteiger partial charge in [-0.1, -0.05) is 43.7 Å². The van der Waals surface area contributed by atoms with E-state index in [0.717, 1.165) is 35.3 Å². The number of ether oxygens (including phenoxy) is 2. The molecule has 1 atom stereocenters. The summed E-state index contributed by atoms with van der Waals surface area (Å²) in [6, 6.07) is 17.1. The lowest BCUT2D eigenvalue weighted by Gasteiger charge is -2.28. The topological polar surface area (TPSA) is 22.3 Å². The molecule has 1 aliphatic rings. The summed E-state index contributed by atoms with van der Waals surface area (Å²) in [7, 11) is 0. The van der Waals surface area contributed by atoms with Crippen molar-refractivity contribution in [2.45, 2.75) is 39.2 Å². The number of benzene rings is 2. The largest absolute Gasteiger partial charge is 0.460 e. The highest BCUT2D eigenvalue weighted by Gasteiger charge is 2.26. The molecule has 4 heteroatoms. The van der Waals surface area contributed by atoms with Crippen LogP contribution in [-0.4, -0.2) is 0 Å². The molecule has 0 unspecified atom stereocenters. The number of aromatic nitrogens is 1. The Labute approximate surface area is 159 Å². The van der Waals surface area contributed by atoms with Crippen molar-refractivity contribution in [1.82, 2.24) is 0 Å². The SMILES string of the molecule is CCCc1cc[n+](Cc2cc(F)cc3c2O[C@@H](c2ccccc2)OC3)cc1. The number of halogens is 1. The van der Waals surface area contributed by atoms with Gasteiger partial charge in [0, 0.05) is 23.3 Å². The molecule has 1 aliphatic heterocycles. The molecule has 0 saturated carbocycles. The van der Waals surface area contributed by atoms with Gasteiger partial charge in [0.25, 0.3) is 0 Å². The van der Waals surface area contributed by atoms with Crippen LogP contribution in [0.3, 0.4) is 0 Å². The van der Waals surface area contributed by atoms with Gasteiger partial charge in [-0.05, 0) is 24.1 Å². The van der Waals surface area contributed by atoms with Crippen LogP contribution in [0.15, 0.2) is 67.0 Å². The quantitative estimate of drug-likeness (QED) is 0.611. The van der Waals surface area contributed by atoms with Crippen molar-refractivity contribution in [2.24, 2.45) is 0 Å². The molecule has 3 nitrogen and oxygen atoms in total. The second-order valence-corrected chi connectivity index (χ2v) is 6.85. The molecule has 2 heterocycles. The summed E-state index contributed by atoms with van der Waals surface area (Å²) in [5.74, 6) is 0.457. The Morgan fingerprint density at radius 1 is 1.07 bits per heavy atom. The molecule has 0 radical (unpaired) electrons. The van der Waals surface area contributed by atoms with Gasteiger partial charge >= 0.3 is 0 Å². The fraction of sp³-hybridized carbons (Fsp3) is 0.261. The molecule has 0 N–H and O–H groups in total. The number of hydrogen-bond acceptors (Lipinski definition) is 2. The Hall–Kier alpha value is -2.72. The van der Waals surface area contributed by atoms with Crippen molar-refractivity contribution in [3.63, 3.8) is 0 Å². The highest BCUT2D eigenvalue weighted by atomic mass is 19.1. The molecule has 2 aromatic carbocycles. The Kier molecular flexibility index (Phi) is 5.16. The molecule has 0 fully saturated rings. The standard InChI is InChI=1S/C23H23FNO2/c1-2-6-17-9-11-25(12-10-17)15-19-13-21(24)14-20-16-26-23(27-22(19)20)18-7-4-3-5-8-18/h3-5,7-14,23H,2,6,15-16H2,1H3/q+1/t23-/m0/s1. The van der Waals surface area contributed by atoms with E-state index in [1.54, 1.807) is 6.07 Å². The molecular formula is C23H23FNO2+. The number of aryl methyl sites for hydroxylation is 1. The van der Waals surface area contributed by atoms with Crippen LogP contribution in [0.5, 0.6) is 5.75 Å². The molecule has 0 aliphatic carbocycles. The Balaban J connectivity index is 1.61. The third kappa shape index (κ3) is 4.01. The zero-order valence-corrected chi connectivity index (χ0v) is 15.4. The minimum Gasteiger partial charge on any atom is -0.460 e. The normalized spacial score (nSPS) is 15.9. The number of fused-ring (bicyclic) bond motifs is 1. The minimum atomic E-state index is -0.472. The maximum atomic E-state index is 14.1. The molecule has 27 heavy (non-hydrogen) atoms. The van der Waals surface area contributed by atoms with Gasteiger partial charge in [0.05, 0.1) is 12.2 Å². The zero-order chi connectivity index (χ0) is 18.6. The number of rotatable bonds is 5. The summed E-state index contributed by atoms with van der Waals surface area (Å²) in [6.45, 7) is 3.05. The predicted octanol–water partition coefficient (Wildman–Crippen LogP) is 4.72. The first-order valence-electron chi connectivity index (χ1n) is 9.35. The third-order valence-corrected chi connectivity index (χ3v) is 4.75. The van der Waals surface area contributed by atoms with Crippen molar-refractivity contribution >= 4 is 0 Å². The van der Waals surface area contributed by atoms with Gasteiger partial charge in [-0.3, -0.25) is 0 Å². The minimum absolute atomic E-state index is 0.266. The van der Waals surface area contributed by atoms with Gasteiger partial charge in [0.2, 0.25) is 6.29 Å². The van der Waals surface area contributed by atoms with Crippen molar-refractivity contribution in [3.8, 4) is 5.75 Å². The summed E-state index contributed by atoms with van der Waals surface area (Å²) >= 11 is 0. The lowest BCUT2D eigenvalue weighted by atomic mass is 10.1. The monoisotopic (exact) mass is 364 g/mol. The second-order valence-electron chi connectivity index (χ2n) is 6.85. The molecule has 0 saturated heterocycles. The van der Waals surface area contributed by atoms with Crippen LogP contribution < -0.4 is 9.30 Å². The van der Waals surface area contributed by atoms with Crippen LogP contribution in [0, 0.1) is 5.82 Å². The van der Waals surface area contributed by atoms with Gasteiger partial charge in [0.1, 0.15) is 11.6 Å². The fourth-order valence-electron chi connectivity index (χ4n) is 3.41. The van der Waals surface area contributed by atoms with E-state index < -0.39 is 6.29 Å². The average Bonchev–Trinajstić information content (AvgIpc) is 2.70. The van der Waals surface area contributed by atoms with Crippen LogP contribution in [0.1, 0.15) is 41.9 Å². The zero-order valence-electron chi connectivity index (χ0n) is 15.4. The lowest BCUT2D eigenvalue weighted by Crippen LogP contribution is -2.34. The summed E-state index contributed by atoms with van der Waals surface area (Å²) in [5, 5.41) is 0. The van der Waals surface area contributed by atoms with E-state index in [2.05, 4.69) is 19.1 Å². The van der Waals surface area contributed by atoms with E-state index in [0.29, 0.717) is 13.2 Å². The van der Waals surface area contributed by atoms with E-state index in [4.69, 9.17) is 9.47 Å². The molecule has 0 spiro atoms. The van der Waals surface area contributed by atoms with Crippen LogP contribution in [0.4, 0.5) is 4.39 Å². The van der Waals surface area contributed by atoms with Gasteiger partial charge < -0.3 is 9.47 Å². The molecule has 0 amide bonds. The lowest BCUT2D eigenvalue weighted by molar-refractivity contribution is -0.688. The van der Waals surface area contributed by atoms with Gasteiger partial charge in [-0.25, -0.2) is 8.96 Å². The van der Waals surface area contributed by atoms with Crippen LogP contribution in [0.2, 0.25) is 0 Å². The third-order valence-electron chi connectivity index (χ3n) is 4.75. The first kappa shape index (κ1) is 17.7. The van der Waals surface area contributed by atoms with E-state index in [-0.39, 0.29) is 5.82 Å². The molecule has 138 valence electrons. The molecule has 3 aromatic rings. The summed E-state index contributed by atoms with van der Waals surface area (Å²) < 4.78 is 28.1. The first-order valence-corrected chi connectivity index (χ1v) is 9.35. The van der Waals surface area contributed by atoms with E-state index in [9.17, 15) is 4.39 Å². The van der Waals surface area contributed by atoms with E-state index in [1.807, 2.05) is 47.3 Å². The summed E-state index contributed by atoms with van der Waals surface area (Å²) in [6.07, 6.45) is 5.79. The smallest absolute Gasteiger partial charge is 0.227 e. The Bertz CT molecular complexity index is 910. The number of pyridine rings is 1. The molecule has 0 bridgehead atoms. The molecular weight excluding hydrogens is 341 g/mol. The van der Waals surface area contributed by atoms with Crippen LogP contribution in [0.25, 0.3) is 0 Å². The summed E-state index contributed by atoms with van der Waals surface area (Å²) in [4.78, 5) is 0. The number of nitrogens with zero attached hydrogens (tertiary/aromatic N) is 1. The van der Waals surface area contributed by atoms with Crippen LogP contribution >= 0.6 is 0 Å². The van der Waals surface area contributed by atoms with Crippen molar-refractivity contribution < 1.29 is 18.4 Å². The van der Waals surface area contributed by atoms with Gasteiger partial charge in [0.15, 0.2) is 18.9 Å². The highest BCUT2D eigenvalue weighted by molar-refractivity contribution is 5.43. The molecule has 1 aromatic heterocycles. The van der Waals surface area contributed by atoms with Gasteiger partial charge in [-0.15, -0.1) is 0 Å². The maximum absolute atomic E-state index is 14.1. The van der Waals surface area contributed by atoms with Gasteiger partial charge in [-0.2, -0.15) is 0 Å². The van der Waals surface area contributed by atoms with Crippen molar-refractivity contribution in [1.29, 1.82) is 0 Å². The first-order chi connectivity index (χ1) is 13.2. The Morgan fingerprint density at radius 2 is 1.85 bits per heavy atom. The van der Waals surface area contributed by atoms with E-state index >= 15 is 0 Å². The second kappa shape index (κ2) is 7.89. The Morgan fingerprint density at radius 3 is 2.59 bits per heavy atom. The predicted molar refractivity (Wildman–Crippen MR) is 101 cm³/mol. The molecule has 4 rings (SSSR count). The maximum Gasteiger partial charge on any atom is 0.227 e. The highest BCUT2D eigenvalue weighted by Crippen LogP contribution is 2.36. The number of hydrogen-bond donors (Lipinski definition) is 0.